The number of hydrogen-bond acceptors (Lipinski definition) is 5. The minimum Gasteiger partial charge on any atom is -0.339 e. The zero-order valence-corrected chi connectivity index (χ0v) is 13.1. The lowest BCUT2D eigenvalue weighted by Gasteiger charge is -2.36. The third-order valence-electron chi connectivity index (χ3n) is 3.72. The lowest BCUT2D eigenvalue weighted by Crippen LogP contribution is -2.48. The van der Waals surface area contributed by atoms with E-state index in [0.717, 1.165) is 29.9 Å². The average molecular weight is 300 g/mol. The Morgan fingerprint density at radius 3 is 2.55 bits per heavy atom. The van der Waals surface area contributed by atoms with Crippen molar-refractivity contribution in [3.05, 3.63) is 41.0 Å². The van der Waals surface area contributed by atoms with Gasteiger partial charge in [-0.25, -0.2) is 0 Å². The highest BCUT2D eigenvalue weighted by Crippen LogP contribution is 2.25. The summed E-state index contributed by atoms with van der Waals surface area (Å²) in [5, 5.41) is 6.74. The summed E-state index contributed by atoms with van der Waals surface area (Å²) in [6.45, 7) is 7.80. The van der Waals surface area contributed by atoms with Crippen LogP contribution in [0.2, 0.25) is 0 Å². The van der Waals surface area contributed by atoms with Gasteiger partial charge in [-0.05, 0) is 44.0 Å². The maximum atomic E-state index is 12.1. The van der Waals surface area contributed by atoms with Crippen molar-refractivity contribution in [1.29, 1.82) is 0 Å². The van der Waals surface area contributed by atoms with Gasteiger partial charge in [0.25, 0.3) is 0 Å². The van der Waals surface area contributed by atoms with Crippen LogP contribution in [0.25, 0.3) is 0 Å². The molecule has 22 heavy (non-hydrogen) atoms. The predicted molar refractivity (Wildman–Crippen MR) is 82.8 cm³/mol. The van der Waals surface area contributed by atoms with Gasteiger partial charge in [0.05, 0.1) is 12.5 Å². The van der Waals surface area contributed by atoms with Crippen molar-refractivity contribution in [2.24, 2.45) is 0 Å². The fourth-order valence-corrected chi connectivity index (χ4v) is 2.78. The normalized spacial score (nSPS) is 15.6. The van der Waals surface area contributed by atoms with Gasteiger partial charge in [0.15, 0.2) is 5.82 Å². The molecule has 6 heteroatoms. The van der Waals surface area contributed by atoms with Crippen LogP contribution in [0, 0.1) is 20.8 Å². The van der Waals surface area contributed by atoms with Gasteiger partial charge in [-0.3, -0.25) is 9.69 Å². The first kappa shape index (κ1) is 14.7. The van der Waals surface area contributed by atoms with Crippen LogP contribution < -0.4 is 5.32 Å². The number of benzene rings is 1. The number of carbonyl (C=O) groups excluding carboxylic acids is 1. The molecule has 1 saturated heterocycles. The summed E-state index contributed by atoms with van der Waals surface area (Å²) < 4.78 is 5.16. The van der Waals surface area contributed by atoms with Gasteiger partial charge in [-0.2, -0.15) is 4.98 Å². The topological polar surface area (TPSA) is 71.3 Å². The molecule has 6 nitrogen and oxygen atoms in total. The standard InChI is InChI=1S/C16H20N4O2/c1-10-4-11(2)6-14(5-10)18-15(21)9-20-7-13(8-20)16-17-12(3)19-22-16/h4-6,13H,7-9H2,1-3H3,(H,18,21). The highest BCUT2D eigenvalue weighted by molar-refractivity contribution is 5.92. The second-order valence-electron chi connectivity index (χ2n) is 6.00. The maximum absolute atomic E-state index is 12.1. The molecule has 1 aromatic heterocycles. The Hall–Kier alpha value is -2.21. The van der Waals surface area contributed by atoms with E-state index < -0.39 is 0 Å². The van der Waals surface area contributed by atoms with Crippen LogP contribution in [0.15, 0.2) is 22.7 Å². The van der Waals surface area contributed by atoms with Crippen molar-refractivity contribution in [3.63, 3.8) is 0 Å². The number of carbonyl (C=O) groups is 1. The summed E-state index contributed by atoms with van der Waals surface area (Å²) in [6, 6.07) is 6.04. The lowest BCUT2D eigenvalue weighted by atomic mass is 10.0. The smallest absolute Gasteiger partial charge is 0.238 e. The van der Waals surface area contributed by atoms with Crippen molar-refractivity contribution in [1.82, 2.24) is 15.0 Å². The Morgan fingerprint density at radius 1 is 1.27 bits per heavy atom. The molecule has 116 valence electrons. The second kappa shape index (κ2) is 5.88. The number of anilines is 1. The number of aromatic nitrogens is 2. The third-order valence-corrected chi connectivity index (χ3v) is 3.72. The van der Waals surface area contributed by atoms with E-state index in [2.05, 4.69) is 26.4 Å². The summed E-state index contributed by atoms with van der Waals surface area (Å²) in [4.78, 5) is 18.4. The van der Waals surface area contributed by atoms with Crippen molar-refractivity contribution >= 4 is 11.6 Å². The number of likely N-dealkylation sites (tertiary alicyclic amines) is 1. The summed E-state index contributed by atoms with van der Waals surface area (Å²) in [5.74, 6) is 1.57. The fraction of sp³-hybridized carbons (Fsp3) is 0.438. The van der Waals surface area contributed by atoms with Crippen molar-refractivity contribution in [2.45, 2.75) is 26.7 Å². The largest absolute Gasteiger partial charge is 0.339 e. The van der Waals surface area contributed by atoms with Crippen LogP contribution >= 0.6 is 0 Å². The van der Waals surface area contributed by atoms with E-state index in [1.807, 2.05) is 26.0 Å². The van der Waals surface area contributed by atoms with Crippen LogP contribution in [-0.4, -0.2) is 40.6 Å². The average Bonchev–Trinajstić information content (AvgIpc) is 2.78. The van der Waals surface area contributed by atoms with Gasteiger partial charge in [-0.1, -0.05) is 11.2 Å². The van der Waals surface area contributed by atoms with Gasteiger partial charge in [0.1, 0.15) is 0 Å². The molecular formula is C16H20N4O2. The highest BCUT2D eigenvalue weighted by atomic mass is 16.5. The van der Waals surface area contributed by atoms with Gasteiger partial charge in [-0.15, -0.1) is 0 Å². The van der Waals surface area contributed by atoms with E-state index in [1.54, 1.807) is 6.92 Å². The van der Waals surface area contributed by atoms with Crippen LogP contribution in [0.3, 0.4) is 0 Å². The van der Waals surface area contributed by atoms with E-state index in [4.69, 9.17) is 4.52 Å². The van der Waals surface area contributed by atoms with Crippen LogP contribution in [-0.2, 0) is 4.79 Å². The zero-order valence-electron chi connectivity index (χ0n) is 13.1. The molecule has 1 aliphatic rings. The number of nitrogens with one attached hydrogen (secondary N) is 1. The second-order valence-corrected chi connectivity index (χ2v) is 6.00. The molecule has 0 saturated carbocycles. The number of rotatable bonds is 4. The Balaban J connectivity index is 1.49. The molecule has 1 fully saturated rings. The first-order chi connectivity index (χ1) is 10.5. The molecule has 0 radical (unpaired) electrons. The van der Waals surface area contributed by atoms with E-state index in [9.17, 15) is 4.79 Å². The molecule has 0 aliphatic carbocycles. The first-order valence-corrected chi connectivity index (χ1v) is 7.40. The van der Waals surface area contributed by atoms with Gasteiger partial charge in [0.2, 0.25) is 11.8 Å². The molecule has 0 unspecified atom stereocenters. The van der Waals surface area contributed by atoms with Crippen LogP contribution in [0.5, 0.6) is 0 Å². The zero-order chi connectivity index (χ0) is 15.7. The molecular weight excluding hydrogens is 280 g/mol. The van der Waals surface area contributed by atoms with Gasteiger partial charge < -0.3 is 9.84 Å². The van der Waals surface area contributed by atoms with E-state index in [-0.39, 0.29) is 11.8 Å². The van der Waals surface area contributed by atoms with Crippen molar-refractivity contribution in [2.75, 3.05) is 25.0 Å². The summed E-state index contributed by atoms with van der Waals surface area (Å²) >= 11 is 0. The van der Waals surface area contributed by atoms with E-state index in [0.29, 0.717) is 18.3 Å². The molecule has 1 N–H and O–H groups in total. The fourth-order valence-electron chi connectivity index (χ4n) is 2.78. The summed E-state index contributed by atoms with van der Waals surface area (Å²) in [5.41, 5.74) is 3.14. The molecule has 3 rings (SSSR count). The summed E-state index contributed by atoms with van der Waals surface area (Å²) in [7, 11) is 0. The molecule has 0 spiro atoms. The number of amides is 1. The Bertz CT molecular complexity index is 669. The van der Waals surface area contributed by atoms with Crippen molar-refractivity contribution < 1.29 is 9.32 Å². The molecule has 1 aliphatic heterocycles. The molecule has 2 aromatic rings. The number of hydrogen-bond donors (Lipinski definition) is 1. The van der Waals surface area contributed by atoms with E-state index >= 15 is 0 Å². The lowest BCUT2D eigenvalue weighted by molar-refractivity contribution is -0.118. The van der Waals surface area contributed by atoms with Gasteiger partial charge >= 0.3 is 0 Å². The molecule has 1 aromatic carbocycles. The SMILES string of the molecule is Cc1cc(C)cc(NC(=O)CN2CC(c3nc(C)no3)C2)c1. The minimum atomic E-state index is 0.00478. The Labute approximate surface area is 129 Å². The Morgan fingerprint density at radius 2 is 1.95 bits per heavy atom. The first-order valence-electron chi connectivity index (χ1n) is 7.40. The van der Waals surface area contributed by atoms with Gasteiger partial charge in [0, 0.05) is 18.8 Å². The van der Waals surface area contributed by atoms with Crippen LogP contribution in [0.4, 0.5) is 5.69 Å². The third kappa shape index (κ3) is 3.33. The monoisotopic (exact) mass is 300 g/mol. The maximum Gasteiger partial charge on any atom is 0.238 e. The minimum absolute atomic E-state index is 0.00478. The predicted octanol–water partition coefficient (Wildman–Crippen LogP) is 2.03. The highest BCUT2D eigenvalue weighted by Gasteiger charge is 2.33. The molecule has 0 atom stereocenters. The number of nitrogens with zero attached hydrogens (tertiary/aromatic N) is 3. The molecule has 1 amide bonds. The Kier molecular flexibility index (Phi) is 3.94. The molecule has 2 heterocycles. The number of aryl methyl sites for hydroxylation is 3. The van der Waals surface area contributed by atoms with E-state index in [1.165, 1.54) is 0 Å². The van der Waals surface area contributed by atoms with Crippen LogP contribution in [0.1, 0.15) is 28.8 Å². The molecule has 0 bridgehead atoms. The quantitative estimate of drug-likeness (QED) is 0.935. The summed E-state index contributed by atoms with van der Waals surface area (Å²) in [6.07, 6.45) is 0. The van der Waals surface area contributed by atoms with Crippen molar-refractivity contribution in [3.8, 4) is 0 Å².